The van der Waals surface area contributed by atoms with Gasteiger partial charge >= 0.3 is 5.97 Å². The van der Waals surface area contributed by atoms with Crippen LogP contribution in [-0.4, -0.2) is 25.0 Å². The van der Waals surface area contributed by atoms with E-state index in [1.165, 1.54) is 0 Å². The molecule has 4 nitrogen and oxygen atoms in total. The molecule has 3 rings (SSSR count). The largest absolute Gasteiger partial charge is 0.478 e. The molecule has 29 heavy (non-hydrogen) atoms. The van der Waals surface area contributed by atoms with Crippen LogP contribution in [0.25, 0.3) is 17.2 Å². The summed E-state index contributed by atoms with van der Waals surface area (Å²) in [4.78, 5) is 10.9. The second-order valence-electron chi connectivity index (χ2n) is 6.15. The fourth-order valence-corrected chi connectivity index (χ4v) is 2.72. The first kappa shape index (κ1) is 19.9. The summed E-state index contributed by atoms with van der Waals surface area (Å²) in [6, 6.07) is 22.4. The van der Waals surface area contributed by atoms with Crippen LogP contribution in [0.1, 0.15) is 21.5 Å². The molecule has 0 aliphatic rings. The van der Waals surface area contributed by atoms with Crippen molar-refractivity contribution in [1.82, 2.24) is 0 Å². The summed E-state index contributed by atoms with van der Waals surface area (Å²) in [6.45, 7) is 0.219. The predicted octanol–water partition coefficient (Wildman–Crippen LogP) is 5.10. The molecular formula is C25H20O4. The summed E-state index contributed by atoms with van der Waals surface area (Å²) < 4.78 is 10.3. The summed E-state index contributed by atoms with van der Waals surface area (Å²) in [5, 5.41) is 8.93. The third-order valence-electron chi connectivity index (χ3n) is 4.16. The summed E-state index contributed by atoms with van der Waals surface area (Å²) in [5.41, 5.74) is 4.23. The van der Waals surface area contributed by atoms with Gasteiger partial charge in [0.1, 0.15) is 5.75 Å². The fraction of sp³-hybridized carbons (Fsp3) is 0.0800. The number of methoxy groups -OCH3 is 1. The van der Waals surface area contributed by atoms with E-state index in [-0.39, 0.29) is 12.4 Å². The smallest absolute Gasteiger partial charge is 0.335 e. The van der Waals surface area contributed by atoms with Crippen LogP contribution in [0.3, 0.4) is 0 Å². The minimum atomic E-state index is -0.945. The van der Waals surface area contributed by atoms with Crippen molar-refractivity contribution in [3.63, 3.8) is 0 Å². The van der Waals surface area contributed by atoms with Crippen molar-refractivity contribution in [2.45, 2.75) is 0 Å². The Balaban J connectivity index is 1.75. The molecule has 3 aromatic rings. The first-order valence-corrected chi connectivity index (χ1v) is 9.00. The van der Waals surface area contributed by atoms with Crippen molar-refractivity contribution in [2.24, 2.45) is 0 Å². The lowest BCUT2D eigenvalue weighted by molar-refractivity contribution is 0.0511. The van der Waals surface area contributed by atoms with Crippen molar-refractivity contribution < 1.29 is 19.4 Å². The van der Waals surface area contributed by atoms with Crippen LogP contribution in [0.15, 0.2) is 78.9 Å². The maximum Gasteiger partial charge on any atom is 0.335 e. The number of benzene rings is 3. The number of carboxylic acids is 1. The Morgan fingerprint density at radius 1 is 1.00 bits per heavy atom. The van der Waals surface area contributed by atoms with E-state index < -0.39 is 5.97 Å². The number of carbonyl (C=O) groups is 1. The molecule has 0 heterocycles. The van der Waals surface area contributed by atoms with Crippen LogP contribution < -0.4 is 4.74 Å². The zero-order valence-electron chi connectivity index (χ0n) is 16.0. The van der Waals surface area contributed by atoms with E-state index >= 15 is 0 Å². The lowest BCUT2D eigenvalue weighted by Crippen LogP contribution is -1.98. The Morgan fingerprint density at radius 3 is 2.41 bits per heavy atom. The lowest BCUT2D eigenvalue weighted by Gasteiger charge is -2.08. The summed E-state index contributed by atoms with van der Waals surface area (Å²) >= 11 is 0. The molecule has 0 aromatic heterocycles. The maximum absolute atomic E-state index is 10.9. The van der Waals surface area contributed by atoms with Crippen molar-refractivity contribution >= 4 is 12.0 Å². The third-order valence-corrected chi connectivity index (χ3v) is 4.16. The topological polar surface area (TPSA) is 55.8 Å². The number of carboxylic acid groups (broad SMARTS) is 1. The minimum absolute atomic E-state index is 0.219. The van der Waals surface area contributed by atoms with E-state index in [0.29, 0.717) is 0 Å². The van der Waals surface area contributed by atoms with Gasteiger partial charge in [-0.15, -0.1) is 0 Å². The van der Waals surface area contributed by atoms with Gasteiger partial charge in [0.25, 0.3) is 0 Å². The maximum atomic E-state index is 10.9. The number of hydrogen-bond acceptors (Lipinski definition) is 3. The molecule has 0 fully saturated rings. The van der Waals surface area contributed by atoms with E-state index in [0.717, 1.165) is 28.0 Å². The zero-order valence-corrected chi connectivity index (χ0v) is 16.0. The van der Waals surface area contributed by atoms with Gasteiger partial charge in [-0.1, -0.05) is 48.2 Å². The first-order valence-electron chi connectivity index (χ1n) is 9.00. The average molecular weight is 384 g/mol. The minimum Gasteiger partial charge on any atom is -0.478 e. The molecule has 0 aliphatic heterocycles. The van der Waals surface area contributed by atoms with Crippen LogP contribution in [0.2, 0.25) is 0 Å². The number of aromatic carboxylic acids is 1. The molecule has 0 unspecified atom stereocenters. The quantitative estimate of drug-likeness (QED) is 0.475. The second kappa shape index (κ2) is 9.93. The first-order chi connectivity index (χ1) is 14.2. The highest BCUT2D eigenvalue weighted by Crippen LogP contribution is 2.26. The second-order valence-corrected chi connectivity index (χ2v) is 6.15. The Hall–Kier alpha value is -3.81. The van der Waals surface area contributed by atoms with Gasteiger partial charge in [-0.2, -0.15) is 0 Å². The van der Waals surface area contributed by atoms with E-state index in [1.54, 1.807) is 37.5 Å². The van der Waals surface area contributed by atoms with Crippen LogP contribution in [-0.2, 0) is 4.74 Å². The SMILES string of the molecule is COCOc1ccc(-c2ccccc2C=CC#Cc2ccc(C(=O)O)cc2)cc1. The molecule has 0 atom stereocenters. The van der Waals surface area contributed by atoms with Gasteiger partial charge in [0, 0.05) is 12.7 Å². The van der Waals surface area contributed by atoms with Gasteiger partial charge in [-0.3, -0.25) is 0 Å². The van der Waals surface area contributed by atoms with Gasteiger partial charge in [-0.05, 0) is 65.2 Å². The Morgan fingerprint density at radius 2 is 1.72 bits per heavy atom. The zero-order chi connectivity index (χ0) is 20.5. The Kier molecular flexibility index (Phi) is 6.83. The van der Waals surface area contributed by atoms with Crippen molar-refractivity contribution in [1.29, 1.82) is 0 Å². The number of hydrogen-bond donors (Lipinski definition) is 1. The highest BCUT2D eigenvalue weighted by molar-refractivity contribution is 5.87. The summed E-state index contributed by atoms with van der Waals surface area (Å²) in [6.07, 6.45) is 3.75. The van der Waals surface area contributed by atoms with E-state index in [9.17, 15) is 4.79 Å². The summed E-state index contributed by atoms with van der Waals surface area (Å²) in [5.74, 6) is 5.82. The molecule has 0 radical (unpaired) electrons. The highest BCUT2D eigenvalue weighted by atomic mass is 16.7. The third kappa shape index (κ3) is 5.58. The normalized spacial score (nSPS) is 10.4. The number of rotatable bonds is 6. The van der Waals surface area contributed by atoms with E-state index in [1.807, 2.05) is 48.5 Å². The predicted molar refractivity (Wildman–Crippen MR) is 114 cm³/mol. The lowest BCUT2D eigenvalue weighted by atomic mass is 9.99. The Labute approximate surface area is 170 Å². The number of allylic oxidation sites excluding steroid dienone is 1. The molecule has 144 valence electrons. The van der Waals surface area contributed by atoms with Crippen LogP contribution in [0, 0.1) is 11.8 Å². The van der Waals surface area contributed by atoms with Crippen LogP contribution >= 0.6 is 0 Å². The van der Waals surface area contributed by atoms with Crippen molar-refractivity contribution in [3.05, 3.63) is 95.6 Å². The van der Waals surface area contributed by atoms with Crippen LogP contribution in [0.5, 0.6) is 5.75 Å². The molecule has 1 N–H and O–H groups in total. The highest BCUT2D eigenvalue weighted by Gasteiger charge is 2.03. The van der Waals surface area contributed by atoms with E-state index in [2.05, 4.69) is 17.9 Å². The fourth-order valence-electron chi connectivity index (χ4n) is 2.72. The van der Waals surface area contributed by atoms with Gasteiger partial charge < -0.3 is 14.6 Å². The molecule has 4 heteroatoms. The molecule has 0 amide bonds. The molecule has 3 aromatic carbocycles. The standard InChI is InChI=1S/C25H20O4/c1-28-18-29-23-16-14-21(15-17-23)24-9-5-4-8-20(24)7-3-2-6-19-10-12-22(13-11-19)25(26)27/h3-5,7-17H,18H2,1H3,(H,26,27). The van der Waals surface area contributed by atoms with Crippen LogP contribution in [0.4, 0.5) is 0 Å². The van der Waals surface area contributed by atoms with E-state index in [4.69, 9.17) is 14.6 Å². The summed E-state index contributed by atoms with van der Waals surface area (Å²) in [7, 11) is 1.59. The monoisotopic (exact) mass is 384 g/mol. The Bertz CT molecular complexity index is 1050. The number of ether oxygens (including phenoxy) is 2. The molecule has 0 saturated carbocycles. The van der Waals surface area contributed by atoms with Gasteiger partial charge in [0.2, 0.25) is 0 Å². The average Bonchev–Trinajstić information content (AvgIpc) is 2.76. The molecule has 0 saturated heterocycles. The van der Waals surface area contributed by atoms with Gasteiger partial charge in [0.05, 0.1) is 5.56 Å². The van der Waals surface area contributed by atoms with Crippen molar-refractivity contribution in [3.8, 4) is 28.7 Å². The van der Waals surface area contributed by atoms with Crippen molar-refractivity contribution in [2.75, 3.05) is 13.9 Å². The molecular weight excluding hydrogens is 364 g/mol. The van der Waals surface area contributed by atoms with Gasteiger partial charge in [0.15, 0.2) is 6.79 Å². The molecule has 0 spiro atoms. The molecule has 0 bridgehead atoms. The van der Waals surface area contributed by atoms with Gasteiger partial charge in [-0.25, -0.2) is 4.79 Å². The molecule has 0 aliphatic carbocycles.